The van der Waals surface area contributed by atoms with Crippen LogP contribution in [0.4, 0.5) is 0 Å². The maximum atomic E-state index is 12.1. The Balaban J connectivity index is 0.000000184. The van der Waals surface area contributed by atoms with Crippen LogP contribution in [0, 0.1) is 34.0 Å². The molecule has 0 aromatic heterocycles. The monoisotopic (exact) mass is 797 g/mol. The first-order valence-electron chi connectivity index (χ1n) is 23.2. The molecule has 0 saturated carbocycles. The molecule has 3 atom stereocenters. The van der Waals surface area contributed by atoms with E-state index in [4.69, 9.17) is 0 Å². The standard InChI is InChI=1S/2C17H20O.C16H18O.3C2H6/c2*1-11(2)17-9-8-15(18)12(3)16(17)14-7-5-4-6-13(14)10-17;1-11(2)16-8-7-13(17)9-15(16)14-6-4-3-5-12(14)10-16;3*1-2/h2*4-7,11H,8-10H2,1-3H3;3-6,9,11H,7-8,10H2,1-2H3;3*1-2H3. The highest BCUT2D eigenvalue weighted by atomic mass is 16.1. The molecule has 3 heteroatoms. The van der Waals surface area contributed by atoms with Gasteiger partial charge in [-0.3, -0.25) is 14.4 Å². The number of benzene rings is 3. The van der Waals surface area contributed by atoms with Crippen molar-refractivity contribution in [3.05, 3.63) is 123 Å². The molecular formula is C56H76O3. The molecule has 59 heavy (non-hydrogen) atoms. The fourth-order valence-electron chi connectivity index (χ4n) is 11.2. The Labute approximate surface area is 359 Å². The third-order valence-corrected chi connectivity index (χ3v) is 14.6. The van der Waals surface area contributed by atoms with Gasteiger partial charge in [-0.15, -0.1) is 0 Å². The van der Waals surface area contributed by atoms with Crippen LogP contribution in [-0.2, 0) is 33.6 Å². The van der Waals surface area contributed by atoms with Gasteiger partial charge in [-0.05, 0) is 137 Å². The van der Waals surface area contributed by atoms with Crippen molar-refractivity contribution in [2.75, 3.05) is 0 Å². The van der Waals surface area contributed by atoms with Crippen LogP contribution in [0.1, 0.15) is 169 Å². The molecule has 0 bridgehead atoms. The van der Waals surface area contributed by atoms with Gasteiger partial charge in [0.2, 0.25) is 0 Å². The molecule has 3 aromatic carbocycles. The second-order valence-corrected chi connectivity index (χ2v) is 17.8. The van der Waals surface area contributed by atoms with Crippen molar-refractivity contribution in [1.29, 1.82) is 0 Å². The lowest BCUT2D eigenvalue weighted by atomic mass is 9.64. The van der Waals surface area contributed by atoms with Crippen molar-refractivity contribution < 1.29 is 14.4 Å². The third-order valence-electron chi connectivity index (χ3n) is 14.6. The van der Waals surface area contributed by atoms with E-state index in [1.165, 1.54) is 50.1 Å². The minimum absolute atomic E-state index is 0.210. The average Bonchev–Trinajstić information content (AvgIpc) is 3.91. The van der Waals surface area contributed by atoms with Gasteiger partial charge in [0.25, 0.3) is 0 Å². The number of carbonyl (C=O) groups excluding carboxylic acids is 3. The summed E-state index contributed by atoms with van der Waals surface area (Å²) in [7, 11) is 0. The molecule has 3 nitrogen and oxygen atoms in total. The van der Waals surface area contributed by atoms with Gasteiger partial charge >= 0.3 is 0 Å². The molecule has 0 fully saturated rings. The van der Waals surface area contributed by atoms with Gasteiger partial charge in [-0.2, -0.15) is 0 Å². The van der Waals surface area contributed by atoms with Crippen molar-refractivity contribution in [2.24, 2.45) is 34.0 Å². The molecule has 0 aliphatic heterocycles. The highest BCUT2D eigenvalue weighted by molar-refractivity contribution is 6.07. The molecule has 6 aliphatic carbocycles. The highest BCUT2D eigenvalue weighted by Crippen LogP contribution is 2.59. The summed E-state index contributed by atoms with van der Waals surface area (Å²) >= 11 is 0. The zero-order valence-corrected chi connectivity index (χ0v) is 39.3. The number of carbonyl (C=O) groups is 3. The molecule has 3 aromatic rings. The minimum Gasteiger partial charge on any atom is -0.295 e. The van der Waals surface area contributed by atoms with Gasteiger partial charge in [-0.25, -0.2) is 0 Å². The van der Waals surface area contributed by atoms with E-state index in [0.717, 1.165) is 68.9 Å². The number of fused-ring (bicyclic) bond motifs is 9. The molecule has 0 spiro atoms. The first kappa shape index (κ1) is 47.6. The van der Waals surface area contributed by atoms with Crippen LogP contribution in [0.15, 0.2) is 90.0 Å². The van der Waals surface area contributed by atoms with Crippen LogP contribution >= 0.6 is 0 Å². The molecule has 6 aliphatic rings. The number of Topliss-reactive ketones (excluding diaryl/α,β-unsaturated/α-hetero) is 2. The highest BCUT2D eigenvalue weighted by Gasteiger charge is 2.49. The Morgan fingerprint density at radius 2 is 0.763 bits per heavy atom. The fraction of sp³-hybridized carbons (Fsp3) is 0.518. The quantitative estimate of drug-likeness (QED) is 0.265. The number of hydrogen-bond donors (Lipinski definition) is 0. The molecule has 0 heterocycles. The van der Waals surface area contributed by atoms with Crippen LogP contribution in [0.2, 0.25) is 0 Å². The summed E-state index contributed by atoms with van der Waals surface area (Å²) < 4.78 is 0. The van der Waals surface area contributed by atoms with E-state index >= 15 is 0 Å². The van der Waals surface area contributed by atoms with E-state index in [1.54, 1.807) is 0 Å². The van der Waals surface area contributed by atoms with Crippen LogP contribution in [0.5, 0.6) is 0 Å². The molecule has 0 saturated heterocycles. The Kier molecular flexibility index (Phi) is 16.1. The summed E-state index contributed by atoms with van der Waals surface area (Å²) in [5.74, 6) is 2.75. The van der Waals surface area contributed by atoms with Crippen LogP contribution in [-0.4, -0.2) is 17.3 Å². The van der Waals surface area contributed by atoms with Gasteiger partial charge in [0.05, 0.1) is 0 Å². The van der Waals surface area contributed by atoms with Crippen molar-refractivity contribution in [2.45, 2.75) is 155 Å². The number of allylic oxidation sites excluding steroid dienone is 6. The maximum Gasteiger partial charge on any atom is 0.158 e. The van der Waals surface area contributed by atoms with Crippen LogP contribution in [0.3, 0.4) is 0 Å². The third kappa shape index (κ3) is 8.60. The largest absolute Gasteiger partial charge is 0.295 e. The lowest BCUT2D eigenvalue weighted by Crippen LogP contribution is -2.32. The molecule has 0 N–H and O–H groups in total. The van der Waals surface area contributed by atoms with Gasteiger partial charge in [0, 0.05) is 35.5 Å². The summed E-state index contributed by atoms with van der Waals surface area (Å²) in [5.41, 5.74) is 14.9. The second kappa shape index (κ2) is 20.0. The van der Waals surface area contributed by atoms with E-state index < -0.39 is 0 Å². The fourth-order valence-corrected chi connectivity index (χ4v) is 11.2. The minimum atomic E-state index is 0.210. The normalized spacial score (nSPS) is 24.2. The molecule has 3 unspecified atom stereocenters. The zero-order chi connectivity index (χ0) is 43.9. The topological polar surface area (TPSA) is 51.2 Å². The smallest absolute Gasteiger partial charge is 0.158 e. The van der Waals surface area contributed by atoms with Gasteiger partial charge in [0.15, 0.2) is 17.3 Å². The number of rotatable bonds is 3. The van der Waals surface area contributed by atoms with Crippen molar-refractivity contribution in [1.82, 2.24) is 0 Å². The van der Waals surface area contributed by atoms with E-state index in [1.807, 2.05) is 61.5 Å². The molecule has 9 rings (SSSR count). The van der Waals surface area contributed by atoms with Crippen molar-refractivity contribution >= 4 is 34.1 Å². The second-order valence-electron chi connectivity index (χ2n) is 17.8. The summed E-state index contributed by atoms with van der Waals surface area (Å²) in [6.45, 7) is 29.8. The summed E-state index contributed by atoms with van der Waals surface area (Å²) in [5, 5.41) is 0. The summed E-state index contributed by atoms with van der Waals surface area (Å²) in [6, 6.07) is 25.8. The van der Waals surface area contributed by atoms with E-state index in [2.05, 4.69) is 114 Å². The Bertz CT molecular complexity index is 1980. The Morgan fingerprint density at radius 3 is 1.15 bits per heavy atom. The molecule has 0 amide bonds. The SMILES string of the molecule is CC.CC.CC.CC(C)C12CCC(=O)C=C1c1ccccc1C2.CC1=C2c3ccccc3CC2(C(C)C)CCC1=O.CC1=C2c3ccccc3CC2(C(C)C)CCC1=O. The lowest BCUT2D eigenvalue weighted by molar-refractivity contribution is -0.117. The van der Waals surface area contributed by atoms with Crippen molar-refractivity contribution in [3.8, 4) is 0 Å². The number of hydrogen-bond acceptors (Lipinski definition) is 3. The molecule has 318 valence electrons. The van der Waals surface area contributed by atoms with Crippen LogP contribution < -0.4 is 0 Å². The first-order chi connectivity index (χ1) is 28.3. The predicted octanol–water partition coefficient (Wildman–Crippen LogP) is 14.8. The van der Waals surface area contributed by atoms with Gasteiger partial charge in [-0.1, -0.05) is 156 Å². The van der Waals surface area contributed by atoms with Gasteiger partial charge in [0.1, 0.15) is 0 Å². The van der Waals surface area contributed by atoms with Crippen molar-refractivity contribution in [3.63, 3.8) is 0 Å². The first-order valence-corrected chi connectivity index (χ1v) is 23.2. The average molecular weight is 797 g/mol. The molecular weight excluding hydrogens is 721 g/mol. The predicted molar refractivity (Wildman–Crippen MR) is 252 cm³/mol. The number of ketones is 3. The van der Waals surface area contributed by atoms with Crippen LogP contribution in [0.25, 0.3) is 16.7 Å². The Hall–Kier alpha value is -4.11. The lowest BCUT2D eigenvalue weighted by Gasteiger charge is -2.39. The van der Waals surface area contributed by atoms with E-state index in [0.29, 0.717) is 35.1 Å². The summed E-state index contributed by atoms with van der Waals surface area (Å²) in [4.78, 5) is 35.8. The van der Waals surface area contributed by atoms with E-state index in [-0.39, 0.29) is 16.2 Å². The molecule has 0 radical (unpaired) electrons. The van der Waals surface area contributed by atoms with Gasteiger partial charge < -0.3 is 0 Å². The zero-order valence-electron chi connectivity index (χ0n) is 39.3. The van der Waals surface area contributed by atoms with E-state index in [9.17, 15) is 14.4 Å². The summed E-state index contributed by atoms with van der Waals surface area (Å²) in [6.07, 6.45) is 10.5. The Morgan fingerprint density at radius 1 is 0.441 bits per heavy atom. The maximum absolute atomic E-state index is 12.1.